The summed E-state index contributed by atoms with van der Waals surface area (Å²) in [6.07, 6.45) is 2.78. The predicted octanol–water partition coefficient (Wildman–Crippen LogP) is 2.25. The van der Waals surface area contributed by atoms with Crippen molar-refractivity contribution < 1.29 is 9.47 Å². The Hall–Kier alpha value is -2.01. The van der Waals surface area contributed by atoms with Crippen molar-refractivity contribution in [3.8, 4) is 11.5 Å². The number of nitrogens with zero attached hydrogens (tertiary/aromatic N) is 3. The summed E-state index contributed by atoms with van der Waals surface area (Å²) in [5.74, 6) is 2.69. The van der Waals surface area contributed by atoms with E-state index in [0.717, 1.165) is 60.4 Å². The second-order valence-corrected chi connectivity index (χ2v) is 6.32. The van der Waals surface area contributed by atoms with Crippen LogP contribution >= 0.6 is 0 Å². The summed E-state index contributed by atoms with van der Waals surface area (Å²) >= 11 is 0. The molecular weight excluding hydrogens is 278 g/mol. The van der Waals surface area contributed by atoms with E-state index in [9.17, 15) is 0 Å². The van der Waals surface area contributed by atoms with Crippen LogP contribution in [0.25, 0.3) is 10.9 Å². The topological polar surface area (TPSA) is 37.8 Å². The molecule has 0 bridgehead atoms. The molecule has 1 saturated carbocycles. The Kier molecular flexibility index (Phi) is 2.70. The van der Waals surface area contributed by atoms with Gasteiger partial charge in [-0.25, -0.2) is 4.98 Å². The molecule has 114 valence electrons. The van der Waals surface area contributed by atoms with Crippen molar-refractivity contribution >= 4 is 16.7 Å². The van der Waals surface area contributed by atoms with Crippen LogP contribution in [0.1, 0.15) is 12.8 Å². The van der Waals surface area contributed by atoms with Crippen LogP contribution in [-0.2, 0) is 0 Å². The van der Waals surface area contributed by atoms with Gasteiger partial charge in [0.15, 0.2) is 11.5 Å². The molecule has 3 heterocycles. The van der Waals surface area contributed by atoms with Crippen LogP contribution in [0.4, 0.5) is 5.82 Å². The lowest BCUT2D eigenvalue weighted by Gasteiger charge is -2.35. The van der Waals surface area contributed by atoms with Crippen molar-refractivity contribution in [2.75, 3.05) is 37.9 Å². The summed E-state index contributed by atoms with van der Waals surface area (Å²) in [6, 6.07) is 9.12. The van der Waals surface area contributed by atoms with Crippen LogP contribution in [0.15, 0.2) is 24.3 Å². The fourth-order valence-electron chi connectivity index (χ4n) is 3.43. The van der Waals surface area contributed by atoms with E-state index in [1.165, 1.54) is 12.8 Å². The van der Waals surface area contributed by atoms with E-state index in [1.807, 2.05) is 12.1 Å². The van der Waals surface area contributed by atoms with Gasteiger partial charge in [0.25, 0.3) is 0 Å². The zero-order chi connectivity index (χ0) is 14.5. The molecule has 3 aliphatic rings. The van der Waals surface area contributed by atoms with E-state index in [2.05, 4.69) is 21.9 Å². The highest BCUT2D eigenvalue weighted by Gasteiger charge is 2.31. The van der Waals surface area contributed by atoms with E-state index in [1.54, 1.807) is 0 Å². The van der Waals surface area contributed by atoms with Crippen LogP contribution < -0.4 is 14.4 Å². The summed E-state index contributed by atoms with van der Waals surface area (Å²) in [5, 5.41) is 1.10. The molecule has 2 aromatic rings. The van der Waals surface area contributed by atoms with Crippen LogP contribution in [-0.4, -0.2) is 48.9 Å². The third kappa shape index (κ3) is 2.08. The van der Waals surface area contributed by atoms with Crippen molar-refractivity contribution in [1.29, 1.82) is 0 Å². The highest BCUT2D eigenvalue weighted by Crippen LogP contribution is 2.36. The Bertz CT molecular complexity index is 721. The fraction of sp³-hybridized carbons (Fsp3) is 0.471. The van der Waals surface area contributed by atoms with Gasteiger partial charge in [0.1, 0.15) is 5.82 Å². The average Bonchev–Trinajstić information content (AvgIpc) is 3.31. The molecule has 5 rings (SSSR count). The monoisotopic (exact) mass is 297 g/mol. The highest BCUT2D eigenvalue weighted by atomic mass is 16.7. The largest absolute Gasteiger partial charge is 0.454 e. The molecule has 0 spiro atoms. The second-order valence-electron chi connectivity index (χ2n) is 6.32. The summed E-state index contributed by atoms with van der Waals surface area (Å²) in [5.41, 5.74) is 0.978. The Balaban J connectivity index is 1.41. The molecule has 22 heavy (non-hydrogen) atoms. The van der Waals surface area contributed by atoms with Gasteiger partial charge in [-0.05, 0) is 31.0 Å². The minimum atomic E-state index is 0.307. The van der Waals surface area contributed by atoms with Crippen molar-refractivity contribution in [2.45, 2.75) is 18.9 Å². The number of pyridine rings is 1. The zero-order valence-corrected chi connectivity index (χ0v) is 12.5. The number of hydrogen-bond acceptors (Lipinski definition) is 5. The van der Waals surface area contributed by atoms with E-state index >= 15 is 0 Å². The molecule has 1 aromatic carbocycles. The highest BCUT2D eigenvalue weighted by molar-refractivity contribution is 5.84. The maximum absolute atomic E-state index is 5.46. The molecule has 0 atom stereocenters. The second kappa shape index (κ2) is 4.74. The fourth-order valence-corrected chi connectivity index (χ4v) is 3.43. The Morgan fingerprint density at radius 3 is 2.50 bits per heavy atom. The molecule has 1 aliphatic carbocycles. The third-order valence-electron chi connectivity index (χ3n) is 4.87. The number of rotatable bonds is 2. The van der Waals surface area contributed by atoms with Crippen molar-refractivity contribution in [1.82, 2.24) is 9.88 Å². The number of fused-ring (bicyclic) bond motifs is 2. The van der Waals surface area contributed by atoms with Gasteiger partial charge in [-0.1, -0.05) is 0 Å². The number of piperazine rings is 1. The number of anilines is 1. The van der Waals surface area contributed by atoms with E-state index in [0.29, 0.717) is 6.79 Å². The van der Waals surface area contributed by atoms with Gasteiger partial charge in [-0.3, -0.25) is 4.90 Å². The summed E-state index contributed by atoms with van der Waals surface area (Å²) in [6.45, 7) is 4.76. The average molecular weight is 297 g/mol. The van der Waals surface area contributed by atoms with E-state index in [-0.39, 0.29) is 0 Å². The van der Waals surface area contributed by atoms with Gasteiger partial charge >= 0.3 is 0 Å². The van der Waals surface area contributed by atoms with Crippen LogP contribution in [0, 0.1) is 0 Å². The molecule has 0 unspecified atom stereocenters. The van der Waals surface area contributed by atoms with Gasteiger partial charge in [-0.2, -0.15) is 0 Å². The summed E-state index contributed by atoms with van der Waals surface area (Å²) < 4.78 is 10.9. The first-order valence-electron chi connectivity index (χ1n) is 8.06. The Morgan fingerprint density at radius 1 is 0.955 bits per heavy atom. The molecule has 0 radical (unpaired) electrons. The normalized spacial score (nSPS) is 21.5. The number of benzene rings is 1. The Labute approximate surface area is 129 Å². The molecule has 1 aromatic heterocycles. The number of aromatic nitrogens is 1. The maximum Gasteiger partial charge on any atom is 0.231 e. The lowest BCUT2D eigenvalue weighted by Crippen LogP contribution is -2.47. The molecule has 2 fully saturated rings. The first-order valence-corrected chi connectivity index (χ1v) is 8.06. The van der Waals surface area contributed by atoms with Crippen LogP contribution in [0.2, 0.25) is 0 Å². The van der Waals surface area contributed by atoms with Crippen LogP contribution in [0.5, 0.6) is 11.5 Å². The SMILES string of the molecule is c1cc2cc3c(cc2nc1N1CCN(C2CC2)CC1)OCO3. The molecule has 0 N–H and O–H groups in total. The van der Waals surface area contributed by atoms with Crippen molar-refractivity contribution in [3.05, 3.63) is 24.3 Å². The lowest BCUT2D eigenvalue weighted by atomic mass is 10.2. The molecule has 5 nitrogen and oxygen atoms in total. The van der Waals surface area contributed by atoms with E-state index in [4.69, 9.17) is 14.5 Å². The zero-order valence-electron chi connectivity index (χ0n) is 12.5. The smallest absolute Gasteiger partial charge is 0.231 e. The first-order chi connectivity index (χ1) is 10.9. The summed E-state index contributed by atoms with van der Waals surface area (Å²) in [4.78, 5) is 9.85. The van der Waals surface area contributed by atoms with Crippen molar-refractivity contribution in [2.24, 2.45) is 0 Å². The number of ether oxygens (including phenoxy) is 2. The lowest BCUT2D eigenvalue weighted by molar-refractivity contribution is 0.174. The minimum absolute atomic E-state index is 0.307. The van der Waals surface area contributed by atoms with Gasteiger partial charge in [-0.15, -0.1) is 0 Å². The standard InChI is InChI=1S/C17H19N3O2/c1-4-17(20-7-5-19(6-8-20)13-2-3-13)18-14-10-16-15(9-12(1)14)21-11-22-16/h1,4,9-10,13H,2-3,5-8,11H2. The predicted molar refractivity (Wildman–Crippen MR) is 84.7 cm³/mol. The molecule has 2 aliphatic heterocycles. The quantitative estimate of drug-likeness (QED) is 0.850. The van der Waals surface area contributed by atoms with Gasteiger partial charge in [0.2, 0.25) is 6.79 Å². The summed E-state index contributed by atoms with van der Waals surface area (Å²) in [7, 11) is 0. The van der Waals surface area contributed by atoms with Gasteiger partial charge in [0, 0.05) is 43.7 Å². The molecule has 1 saturated heterocycles. The minimum Gasteiger partial charge on any atom is -0.454 e. The molecular formula is C17H19N3O2. The van der Waals surface area contributed by atoms with Gasteiger partial charge in [0.05, 0.1) is 5.52 Å². The van der Waals surface area contributed by atoms with E-state index < -0.39 is 0 Å². The molecule has 0 amide bonds. The number of hydrogen-bond donors (Lipinski definition) is 0. The molecule has 5 heteroatoms. The van der Waals surface area contributed by atoms with Crippen molar-refractivity contribution in [3.63, 3.8) is 0 Å². The maximum atomic E-state index is 5.46. The third-order valence-corrected chi connectivity index (χ3v) is 4.87. The Morgan fingerprint density at radius 2 is 1.73 bits per heavy atom. The van der Waals surface area contributed by atoms with Crippen LogP contribution in [0.3, 0.4) is 0 Å². The van der Waals surface area contributed by atoms with Gasteiger partial charge < -0.3 is 14.4 Å². The first kappa shape index (κ1) is 12.5.